The molecule has 0 bridgehead atoms. The summed E-state index contributed by atoms with van der Waals surface area (Å²) in [7, 11) is 3.42. The van der Waals surface area contributed by atoms with Gasteiger partial charge in [-0.25, -0.2) is 4.68 Å². The Kier molecular flexibility index (Phi) is 4.09. The highest BCUT2D eigenvalue weighted by molar-refractivity contribution is 5.68. The topological polar surface area (TPSA) is 67.6 Å². The lowest BCUT2D eigenvalue weighted by Crippen LogP contribution is -2.28. The van der Waals surface area contributed by atoms with Crippen LogP contribution in [-0.4, -0.2) is 46.0 Å². The van der Waals surface area contributed by atoms with Crippen LogP contribution >= 0.6 is 0 Å². The summed E-state index contributed by atoms with van der Waals surface area (Å²) in [5.41, 5.74) is 1.76. The van der Waals surface area contributed by atoms with Gasteiger partial charge in [-0.3, -0.25) is 9.69 Å². The molecule has 2 rings (SSSR count). The van der Waals surface area contributed by atoms with Crippen LogP contribution in [0.2, 0.25) is 0 Å². The van der Waals surface area contributed by atoms with E-state index in [1.807, 2.05) is 14.0 Å². The van der Waals surface area contributed by atoms with E-state index in [0.29, 0.717) is 5.88 Å². The van der Waals surface area contributed by atoms with Crippen molar-refractivity contribution in [1.82, 2.24) is 14.7 Å². The van der Waals surface area contributed by atoms with Crippen LogP contribution in [-0.2, 0) is 11.8 Å². The quantitative estimate of drug-likeness (QED) is 0.872. The first-order chi connectivity index (χ1) is 9.04. The largest absolute Gasteiger partial charge is 0.481 e. The molecule has 106 valence electrons. The Morgan fingerprint density at radius 2 is 2.11 bits per heavy atom. The SMILES string of the molecule is COc1c(C(CC(=O)O)N2CCCC2)c(C)nn1C. The van der Waals surface area contributed by atoms with E-state index >= 15 is 0 Å². The Balaban J connectivity index is 2.39. The number of aliphatic carboxylic acids is 1. The van der Waals surface area contributed by atoms with Gasteiger partial charge < -0.3 is 9.84 Å². The molecule has 0 aliphatic carbocycles. The van der Waals surface area contributed by atoms with Gasteiger partial charge in [-0.1, -0.05) is 0 Å². The summed E-state index contributed by atoms with van der Waals surface area (Å²) in [6, 6.07) is -0.149. The first-order valence-corrected chi connectivity index (χ1v) is 6.58. The molecule has 0 spiro atoms. The fourth-order valence-electron chi connectivity index (χ4n) is 2.91. The third kappa shape index (κ3) is 2.73. The molecule has 1 aliphatic rings. The highest BCUT2D eigenvalue weighted by atomic mass is 16.5. The molecule has 1 aliphatic heterocycles. The molecule has 2 heterocycles. The fraction of sp³-hybridized carbons (Fsp3) is 0.692. The molecule has 1 N–H and O–H groups in total. The maximum absolute atomic E-state index is 11.2. The van der Waals surface area contributed by atoms with Crippen molar-refractivity contribution in [2.45, 2.75) is 32.2 Å². The van der Waals surface area contributed by atoms with Crippen molar-refractivity contribution < 1.29 is 14.6 Å². The number of aromatic nitrogens is 2. The number of carbonyl (C=O) groups is 1. The number of carboxylic acid groups (broad SMARTS) is 1. The molecule has 6 nitrogen and oxygen atoms in total. The molecule has 0 radical (unpaired) electrons. The average Bonchev–Trinajstić information content (AvgIpc) is 2.94. The second-order valence-electron chi connectivity index (χ2n) is 4.99. The van der Waals surface area contributed by atoms with E-state index in [2.05, 4.69) is 10.00 Å². The normalized spacial score (nSPS) is 17.6. The molecule has 1 atom stereocenters. The van der Waals surface area contributed by atoms with Crippen LogP contribution in [0.5, 0.6) is 5.88 Å². The van der Waals surface area contributed by atoms with Crippen molar-refractivity contribution in [1.29, 1.82) is 0 Å². The third-order valence-corrected chi connectivity index (χ3v) is 3.69. The Morgan fingerprint density at radius 3 is 2.63 bits per heavy atom. The van der Waals surface area contributed by atoms with Crippen molar-refractivity contribution in [2.24, 2.45) is 7.05 Å². The number of aryl methyl sites for hydroxylation is 2. The summed E-state index contributed by atoms with van der Waals surface area (Å²) in [6.45, 7) is 3.79. The second-order valence-corrected chi connectivity index (χ2v) is 4.99. The van der Waals surface area contributed by atoms with E-state index in [1.54, 1.807) is 11.8 Å². The van der Waals surface area contributed by atoms with Gasteiger partial charge in [0.05, 0.1) is 30.8 Å². The van der Waals surface area contributed by atoms with E-state index in [4.69, 9.17) is 4.74 Å². The zero-order valence-corrected chi connectivity index (χ0v) is 11.7. The minimum absolute atomic E-state index is 0.0862. The number of nitrogens with zero attached hydrogens (tertiary/aromatic N) is 3. The first-order valence-electron chi connectivity index (χ1n) is 6.58. The lowest BCUT2D eigenvalue weighted by Gasteiger charge is -2.26. The molecular formula is C13H21N3O3. The summed E-state index contributed by atoms with van der Waals surface area (Å²) in [4.78, 5) is 13.4. The average molecular weight is 267 g/mol. The molecule has 1 fully saturated rings. The second kappa shape index (κ2) is 5.61. The Hall–Kier alpha value is -1.56. The van der Waals surface area contributed by atoms with Crippen LogP contribution in [0.25, 0.3) is 0 Å². The van der Waals surface area contributed by atoms with E-state index < -0.39 is 5.97 Å². The molecule has 0 aromatic carbocycles. The van der Waals surface area contributed by atoms with Crippen molar-refractivity contribution in [2.75, 3.05) is 20.2 Å². The monoisotopic (exact) mass is 267 g/mol. The molecule has 1 unspecified atom stereocenters. The number of carboxylic acids is 1. The van der Waals surface area contributed by atoms with Gasteiger partial charge in [0.25, 0.3) is 0 Å². The Morgan fingerprint density at radius 1 is 1.47 bits per heavy atom. The summed E-state index contributed by atoms with van der Waals surface area (Å²) < 4.78 is 7.08. The van der Waals surface area contributed by atoms with Crippen molar-refractivity contribution in [3.63, 3.8) is 0 Å². The summed E-state index contributed by atoms with van der Waals surface area (Å²) in [5.74, 6) is -0.127. The van der Waals surface area contributed by atoms with Gasteiger partial charge in [0.1, 0.15) is 0 Å². The van der Waals surface area contributed by atoms with Crippen LogP contribution in [0.3, 0.4) is 0 Å². The molecule has 1 saturated heterocycles. The minimum Gasteiger partial charge on any atom is -0.481 e. The molecule has 1 aromatic rings. The van der Waals surface area contributed by atoms with Crippen LogP contribution in [0.4, 0.5) is 0 Å². The van der Waals surface area contributed by atoms with Crippen LogP contribution in [0.15, 0.2) is 0 Å². The lowest BCUT2D eigenvalue weighted by molar-refractivity contribution is -0.138. The maximum Gasteiger partial charge on any atom is 0.305 e. The number of rotatable bonds is 5. The maximum atomic E-state index is 11.2. The third-order valence-electron chi connectivity index (χ3n) is 3.69. The van der Waals surface area contributed by atoms with Crippen LogP contribution < -0.4 is 4.74 Å². The zero-order valence-electron chi connectivity index (χ0n) is 11.7. The zero-order chi connectivity index (χ0) is 14.0. The Bertz CT molecular complexity index is 464. The molecule has 0 saturated carbocycles. The number of hydrogen-bond donors (Lipinski definition) is 1. The number of hydrogen-bond acceptors (Lipinski definition) is 4. The molecule has 0 amide bonds. The highest BCUT2D eigenvalue weighted by Gasteiger charge is 2.31. The predicted molar refractivity (Wildman–Crippen MR) is 70.3 cm³/mol. The fourth-order valence-corrected chi connectivity index (χ4v) is 2.91. The van der Waals surface area contributed by atoms with Gasteiger partial charge >= 0.3 is 5.97 Å². The van der Waals surface area contributed by atoms with Crippen LogP contribution in [0, 0.1) is 6.92 Å². The predicted octanol–water partition coefficient (Wildman–Crippen LogP) is 1.35. The standard InChI is InChI=1S/C13H21N3O3/c1-9-12(13(19-3)15(2)14-9)10(8-11(17)18)16-6-4-5-7-16/h10H,4-8H2,1-3H3,(H,17,18). The van der Waals surface area contributed by atoms with Gasteiger partial charge in [-0.15, -0.1) is 0 Å². The summed E-state index contributed by atoms with van der Waals surface area (Å²) >= 11 is 0. The smallest absolute Gasteiger partial charge is 0.305 e. The van der Waals surface area contributed by atoms with E-state index in [0.717, 1.165) is 37.2 Å². The van der Waals surface area contributed by atoms with Gasteiger partial charge in [-0.05, 0) is 32.9 Å². The van der Waals surface area contributed by atoms with Gasteiger partial charge in [0, 0.05) is 7.05 Å². The molecular weight excluding hydrogens is 246 g/mol. The van der Waals surface area contributed by atoms with E-state index in [-0.39, 0.29) is 12.5 Å². The van der Waals surface area contributed by atoms with E-state index in [9.17, 15) is 9.90 Å². The number of ether oxygens (including phenoxy) is 1. The van der Waals surface area contributed by atoms with Gasteiger partial charge in [-0.2, -0.15) is 5.10 Å². The van der Waals surface area contributed by atoms with E-state index in [1.165, 1.54) is 0 Å². The van der Waals surface area contributed by atoms with Crippen molar-refractivity contribution >= 4 is 5.97 Å². The minimum atomic E-state index is -0.790. The van der Waals surface area contributed by atoms with Crippen molar-refractivity contribution in [3.8, 4) is 5.88 Å². The van der Waals surface area contributed by atoms with Gasteiger partial charge in [0.15, 0.2) is 0 Å². The summed E-state index contributed by atoms with van der Waals surface area (Å²) in [5, 5.41) is 13.5. The number of methoxy groups -OCH3 is 1. The number of likely N-dealkylation sites (tertiary alicyclic amines) is 1. The molecule has 6 heteroatoms. The highest BCUT2D eigenvalue weighted by Crippen LogP contribution is 2.35. The van der Waals surface area contributed by atoms with Crippen LogP contribution in [0.1, 0.15) is 36.6 Å². The lowest BCUT2D eigenvalue weighted by atomic mass is 10.0. The van der Waals surface area contributed by atoms with Crippen molar-refractivity contribution in [3.05, 3.63) is 11.3 Å². The first kappa shape index (κ1) is 13.9. The van der Waals surface area contributed by atoms with Gasteiger partial charge in [0.2, 0.25) is 5.88 Å². The molecule has 19 heavy (non-hydrogen) atoms. The Labute approximate surface area is 113 Å². The summed E-state index contributed by atoms with van der Waals surface area (Å²) in [6.07, 6.45) is 2.33. The molecule has 1 aromatic heterocycles.